The zero-order valence-corrected chi connectivity index (χ0v) is 10.4. The summed E-state index contributed by atoms with van der Waals surface area (Å²) in [6.45, 7) is 1.02. The Labute approximate surface area is 100 Å². The summed E-state index contributed by atoms with van der Waals surface area (Å²) in [6.07, 6.45) is 0. The molecule has 0 saturated carbocycles. The first kappa shape index (κ1) is 13.3. The molecule has 1 N–H and O–H groups in total. The molecular formula is C11H16ClNO3. The molecule has 0 heterocycles. The molecular weight excluding hydrogens is 230 g/mol. The third-order valence-corrected chi connectivity index (χ3v) is 2.40. The van der Waals surface area contributed by atoms with E-state index in [-0.39, 0.29) is 0 Å². The van der Waals surface area contributed by atoms with Gasteiger partial charge in [0.2, 0.25) is 0 Å². The van der Waals surface area contributed by atoms with Crippen molar-refractivity contribution in [1.29, 1.82) is 0 Å². The van der Waals surface area contributed by atoms with Gasteiger partial charge in [0.1, 0.15) is 5.75 Å². The molecule has 4 nitrogen and oxygen atoms in total. The van der Waals surface area contributed by atoms with Crippen LogP contribution in [0.25, 0.3) is 0 Å². The van der Waals surface area contributed by atoms with Gasteiger partial charge >= 0.3 is 0 Å². The Kier molecular flexibility index (Phi) is 5.55. The number of benzene rings is 1. The number of hydroxylamine groups is 1. The van der Waals surface area contributed by atoms with Gasteiger partial charge in [0, 0.05) is 17.7 Å². The number of hydrogen-bond donors (Lipinski definition) is 1. The van der Waals surface area contributed by atoms with Gasteiger partial charge in [-0.15, -0.1) is 0 Å². The van der Waals surface area contributed by atoms with Crippen molar-refractivity contribution in [2.24, 2.45) is 0 Å². The number of rotatable bonds is 6. The van der Waals surface area contributed by atoms with Crippen molar-refractivity contribution in [2.45, 2.75) is 13.2 Å². The molecule has 0 atom stereocenters. The van der Waals surface area contributed by atoms with E-state index in [4.69, 9.17) is 25.9 Å². The first-order valence-electron chi connectivity index (χ1n) is 4.83. The van der Waals surface area contributed by atoms with E-state index in [1.54, 1.807) is 27.4 Å². The molecule has 0 aliphatic rings. The maximum Gasteiger partial charge on any atom is 0.125 e. The Balaban J connectivity index is 3.05. The number of halogens is 1. The van der Waals surface area contributed by atoms with Gasteiger partial charge < -0.3 is 14.3 Å². The Bertz CT molecular complexity index is 344. The van der Waals surface area contributed by atoms with Crippen molar-refractivity contribution in [3.05, 3.63) is 28.3 Å². The number of methoxy groups -OCH3 is 2. The normalized spacial score (nSPS) is 10.5. The maximum atomic E-state index is 5.98. The van der Waals surface area contributed by atoms with Gasteiger partial charge in [-0.2, -0.15) is 5.48 Å². The topological polar surface area (TPSA) is 39.7 Å². The van der Waals surface area contributed by atoms with Crippen molar-refractivity contribution in [2.75, 3.05) is 21.3 Å². The highest BCUT2D eigenvalue weighted by atomic mass is 35.5. The van der Waals surface area contributed by atoms with Gasteiger partial charge in [0.25, 0.3) is 0 Å². The van der Waals surface area contributed by atoms with Gasteiger partial charge in [-0.1, -0.05) is 11.6 Å². The van der Waals surface area contributed by atoms with Gasteiger partial charge in [0.15, 0.2) is 0 Å². The summed E-state index contributed by atoms with van der Waals surface area (Å²) in [5, 5.41) is 0.630. The maximum absolute atomic E-state index is 5.98. The second-order valence-corrected chi connectivity index (χ2v) is 3.64. The van der Waals surface area contributed by atoms with E-state index in [1.807, 2.05) is 6.07 Å². The van der Waals surface area contributed by atoms with Crippen LogP contribution < -0.4 is 10.2 Å². The molecule has 0 aliphatic heterocycles. The third-order valence-electron chi connectivity index (χ3n) is 2.18. The zero-order chi connectivity index (χ0) is 12.0. The SMILES string of the molecule is COCc1cc(Cl)cc(OC)c1CNOC. The second-order valence-electron chi connectivity index (χ2n) is 3.20. The molecule has 16 heavy (non-hydrogen) atoms. The van der Waals surface area contributed by atoms with Crippen molar-refractivity contribution >= 4 is 11.6 Å². The van der Waals surface area contributed by atoms with Crippen molar-refractivity contribution in [3.63, 3.8) is 0 Å². The molecule has 0 radical (unpaired) electrons. The molecule has 0 amide bonds. The number of hydrogen-bond acceptors (Lipinski definition) is 4. The molecule has 1 aromatic rings. The van der Waals surface area contributed by atoms with Crippen LogP contribution in [0.1, 0.15) is 11.1 Å². The number of ether oxygens (including phenoxy) is 2. The van der Waals surface area contributed by atoms with Crippen LogP contribution >= 0.6 is 11.6 Å². The van der Waals surface area contributed by atoms with Crippen LogP contribution in [-0.2, 0) is 22.7 Å². The van der Waals surface area contributed by atoms with Crippen LogP contribution in [0.2, 0.25) is 5.02 Å². The second kappa shape index (κ2) is 6.70. The molecule has 0 aliphatic carbocycles. The summed E-state index contributed by atoms with van der Waals surface area (Å²) in [7, 11) is 4.82. The fraction of sp³-hybridized carbons (Fsp3) is 0.455. The fourth-order valence-electron chi connectivity index (χ4n) is 1.48. The smallest absolute Gasteiger partial charge is 0.125 e. The number of nitrogens with one attached hydrogen (secondary N) is 1. The Hall–Kier alpha value is -0.810. The van der Waals surface area contributed by atoms with E-state index in [9.17, 15) is 0 Å². The molecule has 1 rings (SSSR count). The van der Waals surface area contributed by atoms with Crippen LogP contribution in [0.5, 0.6) is 5.75 Å². The third kappa shape index (κ3) is 3.35. The molecule has 0 bridgehead atoms. The van der Waals surface area contributed by atoms with Crippen molar-refractivity contribution < 1.29 is 14.3 Å². The van der Waals surface area contributed by atoms with E-state index in [1.165, 1.54) is 0 Å². The van der Waals surface area contributed by atoms with E-state index in [0.717, 1.165) is 16.9 Å². The quantitative estimate of drug-likeness (QED) is 0.780. The lowest BCUT2D eigenvalue weighted by Gasteiger charge is -2.14. The minimum Gasteiger partial charge on any atom is -0.496 e. The summed E-state index contributed by atoms with van der Waals surface area (Å²) in [5.41, 5.74) is 4.74. The summed E-state index contributed by atoms with van der Waals surface area (Å²) in [4.78, 5) is 4.83. The first-order valence-corrected chi connectivity index (χ1v) is 5.20. The Morgan fingerprint density at radius 3 is 2.56 bits per heavy atom. The van der Waals surface area contributed by atoms with Crippen LogP contribution in [-0.4, -0.2) is 21.3 Å². The van der Waals surface area contributed by atoms with E-state index >= 15 is 0 Å². The van der Waals surface area contributed by atoms with Crippen molar-refractivity contribution in [1.82, 2.24) is 5.48 Å². The molecule has 0 aromatic heterocycles. The van der Waals surface area contributed by atoms with E-state index < -0.39 is 0 Å². The van der Waals surface area contributed by atoms with Gasteiger partial charge in [-0.05, 0) is 17.7 Å². The summed E-state index contributed by atoms with van der Waals surface area (Å²) in [5.74, 6) is 0.726. The highest BCUT2D eigenvalue weighted by Crippen LogP contribution is 2.27. The highest BCUT2D eigenvalue weighted by molar-refractivity contribution is 6.30. The first-order chi connectivity index (χ1) is 7.72. The molecule has 0 fully saturated rings. The lowest BCUT2D eigenvalue weighted by Crippen LogP contribution is -2.14. The Morgan fingerprint density at radius 2 is 2.00 bits per heavy atom. The predicted octanol–water partition coefficient (Wildman–Crippen LogP) is 2.15. The monoisotopic (exact) mass is 245 g/mol. The van der Waals surface area contributed by atoms with Gasteiger partial charge in [0.05, 0.1) is 27.4 Å². The minimum absolute atomic E-state index is 0.484. The molecule has 90 valence electrons. The van der Waals surface area contributed by atoms with Crippen LogP contribution in [0, 0.1) is 0 Å². The van der Waals surface area contributed by atoms with E-state index in [0.29, 0.717) is 18.2 Å². The lowest BCUT2D eigenvalue weighted by molar-refractivity contribution is 0.0853. The highest BCUT2D eigenvalue weighted by Gasteiger charge is 2.10. The molecule has 1 aromatic carbocycles. The van der Waals surface area contributed by atoms with Crippen LogP contribution in [0.15, 0.2) is 12.1 Å². The average Bonchev–Trinajstić information content (AvgIpc) is 2.27. The largest absolute Gasteiger partial charge is 0.496 e. The molecule has 0 saturated heterocycles. The van der Waals surface area contributed by atoms with Gasteiger partial charge in [-0.3, -0.25) is 0 Å². The standard InChI is InChI=1S/C11H16ClNO3/c1-14-7-8-4-9(12)5-11(15-2)10(8)6-13-16-3/h4-5,13H,6-7H2,1-3H3. The zero-order valence-electron chi connectivity index (χ0n) is 9.67. The average molecular weight is 246 g/mol. The molecule has 5 heteroatoms. The van der Waals surface area contributed by atoms with Crippen LogP contribution in [0.4, 0.5) is 0 Å². The summed E-state index contributed by atoms with van der Waals surface area (Å²) < 4.78 is 10.4. The van der Waals surface area contributed by atoms with Crippen LogP contribution in [0.3, 0.4) is 0 Å². The lowest BCUT2D eigenvalue weighted by atomic mass is 10.1. The van der Waals surface area contributed by atoms with Crippen molar-refractivity contribution in [3.8, 4) is 5.75 Å². The van der Waals surface area contributed by atoms with E-state index in [2.05, 4.69) is 5.48 Å². The predicted molar refractivity (Wildman–Crippen MR) is 62.6 cm³/mol. The summed E-state index contributed by atoms with van der Waals surface area (Å²) in [6, 6.07) is 3.63. The molecule has 0 spiro atoms. The van der Waals surface area contributed by atoms with Gasteiger partial charge in [-0.25, -0.2) is 0 Å². The minimum atomic E-state index is 0.484. The summed E-state index contributed by atoms with van der Waals surface area (Å²) >= 11 is 5.98. The molecule has 0 unspecified atom stereocenters. The fourth-order valence-corrected chi connectivity index (χ4v) is 1.71. The Morgan fingerprint density at radius 1 is 1.25 bits per heavy atom.